The fraction of sp³-hybridized carbons (Fsp3) is 0.917. The third kappa shape index (κ3) is 39.8. The molecule has 0 aromatic rings. The zero-order valence-corrected chi connectivity index (χ0v) is 45.3. The lowest BCUT2D eigenvalue weighted by Gasteiger charge is -2.40. The number of hydrogen-bond acceptors (Lipinski definition) is 8. The first-order valence-electron chi connectivity index (χ1n) is 30.1. The summed E-state index contributed by atoms with van der Waals surface area (Å²) in [5, 5.41) is 54.5. The molecular weight excluding hydrogens is 863 g/mol. The van der Waals surface area contributed by atoms with Crippen molar-refractivity contribution in [2.75, 3.05) is 13.2 Å². The van der Waals surface area contributed by atoms with Gasteiger partial charge in [0.25, 0.3) is 0 Å². The van der Waals surface area contributed by atoms with Gasteiger partial charge in [0.15, 0.2) is 6.29 Å². The van der Waals surface area contributed by atoms with Crippen molar-refractivity contribution in [2.45, 2.75) is 339 Å². The van der Waals surface area contributed by atoms with Gasteiger partial charge in [-0.2, -0.15) is 0 Å². The third-order valence-electron chi connectivity index (χ3n) is 14.5. The Hall–Kier alpha value is -1.33. The predicted octanol–water partition coefficient (Wildman–Crippen LogP) is 15.0. The van der Waals surface area contributed by atoms with Crippen molar-refractivity contribution in [3.8, 4) is 0 Å². The number of amides is 1. The smallest absolute Gasteiger partial charge is 0.220 e. The Kier molecular flexibility index (Phi) is 47.8. The van der Waals surface area contributed by atoms with Crippen molar-refractivity contribution in [1.82, 2.24) is 5.32 Å². The van der Waals surface area contributed by atoms with E-state index in [1.165, 1.54) is 218 Å². The highest BCUT2D eigenvalue weighted by molar-refractivity contribution is 5.76. The van der Waals surface area contributed by atoms with Crippen molar-refractivity contribution in [1.29, 1.82) is 0 Å². The summed E-state index contributed by atoms with van der Waals surface area (Å²) < 4.78 is 11.3. The molecule has 9 nitrogen and oxygen atoms in total. The summed E-state index contributed by atoms with van der Waals surface area (Å²) >= 11 is 0. The van der Waals surface area contributed by atoms with Gasteiger partial charge in [0.1, 0.15) is 24.4 Å². The maximum absolute atomic E-state index is 13.0. The van der Waals surface area contributed by atoms with Crippen LogP contribution in [0.1, 0.15) is 296 Å². The number of rotatable bonds is 52. The van der Waals surface area contributed by atoms with E-state index in [0.29, 0.717) is 6.42 Å². The van der Waals surface area contributed by atoms with Crippen LogP contribution in [0.5, 0.6) is 0 Å². The van der Waals surface area contributed by atoms with Crippen molar-refractivity contribution >= 4 is 5.91 Å². The van der Waals surface area contributed by atoms with Gasteiger partial charge in [-0.15, -0.1) is 0 Å². The van der Waals surface area contributed by atoms with Gasteiger partial charge in [0.2, 0.25) is 5.91 Å². The predicted molar refractivity (Wildman–Crippen MR) is 290 cm³/mol. The van der Waals surface area contributed by atoms with Gasteiger partial charge in [-0.05, 0) is 44.9 Å². The van der Waals surface area contributed by atoms with Crippen LogP contribution in [0.25, 0.3) is 0 Å². The van der Waals surface area contributed by atoms with Crippen LogP contribution in [0.4, 0.5) is 0 Å². The molecule has 0 saturated carbocycles. The van der Waals surface area contributed by atoms with Gasteiger partial charge in [-0.25, -0.2) is 0 Å². The van der Waals surface area contributed by atoms with Gasteiger partial charge in [-0.3, -0.25) is 4.79 Å². The van der Waals surface area contributed by atoms with Gasteiger partial charge in [0, 0.05) is 6.42 Å². The minimum absolute atomic E-state index is 0.182. The van der Waals surface area contributed by atoms with E-state index in [1.54, 1.807) is 6.08 Å². The molecule has 1 fully saturated rings. The molecule has 0 radical (unpaired) electrons. The number of hydrogen-bond donors (Lipinski definition) is 6. The lowest BCUT2D eigenvalue weighted by Crippen LogP contribution is -2.60. The average Bonchev–Trinajstić information content (AvgIpc) is 3.35. The molecule has 0 aliphatic carbocycles. The molecule has 1 heterocycles. The van der Waals surface area contributed by atoms with E-state index in [2.05, 4.69) is 31.3 Å². The molecule has 6 N–H and O–H groups in total. The minimum atomic E-state index is -1.57. The summed E-state index contributed by atoms with van der Waals surface area (Å²) in [5.41, 5.74) is 0. The number of carbonyl (C=O) groups excluding carboxylic acids is 1. The molecule has 69 heavy (non-hydrogen) atoms. The standard InChI is InChI=1S/C60H115NO8/c1-3-5-7-9-11-13-15-17-19-20-21-22-23-24-25-26-27-28-29-30-31-32-33-34-36-37-39-41-43-45-47-49-54(63)53(52-68-60-59(67)58(66)57(65)55(51-62)69-60)61-56(64)50-48-46-44-42-40-38-35-18-16-14-12-10-8-6-4-2/h18,35,47,49,53-55,57-60,62-63,65-67H,3-17,19-34,36-46,48,50-52H2,1-2H3,(H,61,64)/b35-18-,49-47+. The molecule has 0 aromatic carbocycles. The van der Waals surface area contributed by atoms with E-state index in [0.717, 1.165) is 57.8 Å². The van der Waals surface area contributed by atoms with Crippen LogP contribution >= 0.6 is 0 Å². The molecule has 0 aromatic heterocycles. The normalized spacial score (nSPS) is 19.6. The van der Waals surface area contributed by atoms with E-state index < -0.39 is 49.5 Å². The van der Waals surface area contributed by atoms with E-state index in [1.807, 2.05) is 6.08 Å². The second-order valence-corrected chi connectivity index (χ2v) is 21.1. The zero-order chi connectivity index (χ0) is 50.1. The Bertz CT molecular complexity index is 1130. The zero-order valence-electron chi connectivity index (χ0n) is 45.3. The fourth-order valence-corrected chi connectivity index (χ4v) is 9.74. The Labute approximate surface area is 426 Å². The van der Waals surface area contributed by atoms with E-state index >= 15 is 0 Å². The average molecular weight is 979 g/mol. The van der Waals surface area contributed by atoms with E-state index in [-0.39, 0.29) is 12.5 Å². The van der Waals surface area contributed by atoms with Crippen LogP contribution in [0.2, 0.25) is 0 Å². The molecule has 1 rings (SSSR count). The van der Waals surface area contributed by atoms with Crippen molar-refractivity contribution in [2.24, 2.45) is 0 Å². The maximum Gasteiger partial charge on any atom is 0.220 e. The minimum Gasteiger partial charge on any atom is -0.394 e. The number of allylic oxidation sites excluding steroid dienone is 3. The van der Waals surface area contributed by atoms with Crippen LogP contribution < -0.4 is 5.32 Å². The fourth-order valence-electron chi connectivity index (χ4n) is 9.74. The summed E-state index contributed by atoms with van der Waals surface area (Å²) in [6.07, 6.45) is 56.9. The maximum atomic E-state index is 13.0. The lowest BCUT2D eigenvalue weighted by atomic mass is 9.99. The molecule has 1 saturated heterocycles. The summed E-state index contributed by atoms with van der Waals surface area (Å²) in [4.78, 5) is 13.0. The molecular formula is C60H115NO8. The second-order valence-electron chi connectivity index (χ2n) is 21.1. The molecule has 0 spiro atoms. The van der Waals surface area contributed by atoms with Crippen molar-refractivity contribution < 1.29 is 39.8 Å². The molecule has 1 aliphatic rings. The molecule has 1 aliphatic heterocycles. The van der Waals surface area contributed by atoms with Crippen LogP contribution in [0.15, 0.2) is 24.3 Å². The highest BCUT2D eigenvalue weighted by Crippen LogP contribution is 2.23. The van der Waals surface area contributed by atoms with Crippen molar-refractivity contribution in [3.63, 3.8) is 0 Å². The third-order valence-corrected chi connectivity index (χ3v) is 14.5. The van der Waals surface area contributed by atoms with E-state index in [9.17, 15) is 30.3 Å². The quantitative estimate of drug-likeness (QED) is 0.0261. The first kappa shape index (κ1) is 65.7. The monoisotopic (exact) mass is 978 g/mol. The van der Waals surface area contributed by atoms with Gasteiger partial charge in [0.05, 0.1) is 25.4 Å². The van der Waals surface area contributed by atoms with Gasteiger partial charge in [-0.1, -0.05) is 269 Å². The summed E-state index contributed by atoms with van der Waals surface area (Å²) in [6.45, 7) is 3.80. The number of aliphatic hydroxyl groups is 5. The van der Waals surface area contributed by atoms with Crippen LogP contribution in [-0.4, -0.2) is 87.5 Å². The highest BCUT2D eigenvalue weighted by atomic mass is 16.7. The molecule has 7 unspecified atom stereocenters. The Morgan fingerprint density at radius 2 is 0.812 bits per heavy atom. The topological polar surface area (TPSA) is 149 Å². The summed E-state index contributed by atoms with van der Waals surface area (Å²) in [6, 6.07) is -0.808. The summed E-state index contributed by atoms with van der Waals surface area (Å²) in [5.74, 6) is -0.182. The van der Waals surface area contributed by atoms with Crippen molar-refractivity contribution in [3.05, 3.63) is 24.3 Å². The Morgan fingerprint density at radius 1 is 0.478 bits per heavy atom. The Balaban J connectivity index is 2.15. The largest absolute Gasteiger partial charge is 0.394 e. The SMILES string of the molecule is CCCCCCCC/C=C\CCCCCCCC(=O)NC(COC1OC(CO)C(O)C(O)C1O)C(O)/C=C/CCCCCCCCCCCCCCCCCCCCCCCCCCCCCCC. The number of nitrogens with one attached hydrogen (secondary N) is 1. The van der Waals surface area contributed by atoms with Crippen LogP contribution in [0.3, 0.4) is 0 Å². The number of carbonyl (C=O) groups is 1. The first-order chi connectivity index (χ1) is 33.8. The molecule has 1 amide bonds. The molecule has 0 bridgehead atoms. The van der Waals surface area contributed by atoms with E-state index in [4.69, 9.17) is 9.47 Å². The molecule has 408 valence electrons. The van der Waals surface area contributed by atoms with Crippen LogP contribution in [-0.2, 0) is 14.3 Å². The number of ether oxygens (including phenoxy) is 2. The number of aliphatic hydroxyl groups excluding tert-OH is 5. The highest BCUT2D eigenvalue weighted by Gasteiger charge is 2.44. The second kappa shape index (κ2) is 50.2. The van der Waals surface area contributed by atoms with Crippen LogP contribution in [0, 0.1) is 0 Å². The van der Waals surface area contributed by atoms with Gasteiger partial charge >= 0.3 is 0 Å². The van der Waals surface area contributed by atoms with Gasteiger partial charge < -0.3 is 40.3 Å². The first-order valence-corrected chi connectivity index (χ1v) is 30.1. The summed E-state index contributed by atoms with van der Waals surface area (Å²) in [7, 11) is 0. The Morgan fingerprint density at radius 3 is 1.17 bits per heavy atom. The molecule has 9 heteroatoms. The number of unbranched alkanes of at least 4 members (excludes halogenated alkanes) is 40. The molecule has 7 atom stereocenters. The lowest BCUT2D eigenvalue weighted by molar-refractivity contribution is -0.302.